The molecule has 0 fully saturated rings. The van der Waals surface area contributed by atoms with E-state index in [0.717, 1.165) is 17.7 Å². The van der Waals surface area contributed by atoms with Gasteiger partial charge in [0.25, 0.3) is 5.91 Å². The predicted octanol–water partition coefficient (Wildman–Crippen LogP) is 2.09. The van der Waals surface area contributed by atoms with Crippen molar-refractivity contribution in [2.45, 2.75) is 25.8 Å². The Morgan fingerprint density at radius 1 is 1.50 bits per heavy atom. The van der Waals surface area contributed by atoms with Gasteiger partial charge in [-0.2, -0.15) is 0 Å². The van der Waals surface area contributed by atoms with Gasteiger partial charge in [0.05, 0.1) is 18.4 Å². The number of nitrogen functional groups attached to an aromatic ring is 1. The topological polar surface area (TPSA) is 92.9 Å². The Bertz CT molecular complexity index is 558. The van der Waals surface area contributed by atoms with Crippen molar-refractivity contribution in [1.29, 1.82) is 0 Å². The Labute approximate surface area is 121 Å². The first-order valence-electron chi connectivity index (χ1n) is 6.37. The van der Waals surface area contributed by atoms with E-state index in [1.54, 1.807) is 11.3 Å². The zero-order valence-electron chi connectivity index (χ0n) is 11.2. The van der Waals surface area contributed by atoms with Crippen LogP contribution in [0.2, 0.25) is 0 Å². The molecule has 0 saturated carbocycles. The molecule has 0 spiro atoms. The molecule has 20 heavy (non-hydrogen) atoms. The summed E-state index contributed by atoms with van der Waals surface area (Å²) in [5.74, 6) is 5.38. The molecule has 0 aliphatic rings. The van der Waals surface area contributed by atoms with Crippen LogP contribution in [-0.4, -0.2) is 15.9 Å². The van der Waals surface area contributed by atoms with E-state index in [0.29, 0.717) is 5.82 Å². The third-order valence-electron chi connectivity index (χ3n) is 2.78. The van der Waals surface area contributed by atoms with Gasteiger partial charge in [0.1, 0.15) is 5.69 Å². The molecule has 1 amide bonds. The molecule has 0 radical (unpaired) electrons. The molecule has 0 aliphatic carbocycles. The lowest BCUT2D eigenvalue weighted by molar-refractivity contribution is 0.0930. The minimum absolute atomic E-state index is 0.00351. The lowest BCUT2D eigenvalue weighted by Gasteiger charge is -2.16. The van der Waals surface area contributed by atoms with Crippen LogP contribution in [0.1, 0.15) is 41.2 Å². The minimum atomic E-state index is -0.249. The number of aromatic nitrogens is 2. The zero-order valence-corrected chi connectivity index (χ0v) is 12.0. The van der Waals surface area contributed by atoms with Gasteiger partial charge in [0.15, 0.2) is 5.82 Å². The second kappa shape index (κ2) is 6.97. The smallest absolute Gasteiger partial charge is 0.272 e. The van der Waals surface area contributed by atoms with E-state index in [-0.39, 0.29) is 17.6 Å². The summed E-state index contributed by atoms with van der Waals surface area (Å²) in [7, 11) is 0. The average molecular weight is 291 g/mol. The van der Waals surface area contributed by atoms with E-state index in [1.807, 2.05) is 17.5 Å². The van der Waals surface area contributed by atoms with Crippen LogP contribution in [-0.2, 0) is 0 Å². The second-order valence-electron chi connectivity index (χ2n) is 4.26. The molecule has 4 N–H and O–H groups in total. The largest absolute Gasteiger partial charge is 0.343 e. The van der Waals surface area contributed by atoms with Crippen LogP contribution in [0.5, 0.6) is 0 Å². The second-order valence-corrected chi connectivity index (χ2v) is 5.24. The molecule has 0 bridgehead atoms. The third kappa shape index (κ3) is 3.52. The highest BCUT2D eigenvalue weighted by Gasteiger charge is 2.17. The van der Waals surface area contributed by atoms with Gasteiger partial charge < -0.3 is 10.7 Å². The number of carbonyl (C=O) groups excluding carboxylic acids is 1. The van der Waals surface area contributed by atoms with Gasteiger partial charge in [-0.25, -0.2) is 10.8 Å². The lowest BCUT2D eigenvalue weighted by atomic mass is 10.1. The van der Waals surface area contributed by atoms with Crippen LogP contribution in [0.4, 0.5) is 5.82 Å². The molecular formula is C13H17N5OS. The number of nitrogens with two attached hydrogens (primary N) is 1. The summed E-state index contributed by atoms with van der Waals surface area (Å²) in [6.07, 6.45) is 4.75. The average Bonchev–Trinajstić information content (AvgIpc) is 3.01. The number of anilines is 1. The van der Waals surface area contributed by atoms with Gasteiger partial charge in [-0.1, -0.05) is 19.4 Å². The van der Waals surface area contributed by atoms with Crippen molar-refractivity contribution < 1.29 is 4.79 Å². The van der Waals surface area contributed by atoms with Crippen LogP contribution in [0.3, 0.4) is 0 Å². The predicted molar refractivity (Wildman–Crippen MR) is 79.3 cm³/mol. The highest BCUT2D eigenvalue weighted by Crippen LogP contribution is 2.23. The fourth-order valence-corrected chi connectivity index (χ4v) is 2.65. The SMILES string of the molecule is CCCC(NC(=O)c1cncc(NN)n1)c1cccs1. The van der Waals surface area contributed by atoms with Crippen LogP contribution in [0.25, 0.3) is 0 Å². The molecule has 2 rings (SSSR count). The monoisotopic (exact) mass is 291 g/mol. The highest BCUT2D eigenvalue weighted by atomic mass is 32.1. The van der Waals surface area contributed by atoms with Gasteiger partial charge in [0.2, 0.25) is 0 Å². The fourth-order valence-electron chi connectivity index (χ4n) is 1.84. The van der Waals surface area contributed by atoms with Crippen LogP contribution >= 0.6 is 11.3 Å². The number of rotatable bonds is 6. The number of nitrogens with zero attached hydrogens (tertiary/aromatic N) is 2. The molecule has 0 aromatic carbocycles. The Morgan fingerprint density at radius 3 is 3.00 bits per heavy atom. The summed E-state index contributed by atoms with van der Waals surface area (Å²) >= 11 is 1.63. The van der Waals surface area contributed by atoms with E-state index in [4.69, 9.17) is 5.84 Å². The summed E-state index contributed by atoms with van der Waals surface area (Å²) in [6, 6.07) is 4.01. The van der Waals surface area contributed by atoms with Crippen molar-refractivity contribution in [3.63, 3.8) is 0 Å². The molecule has 2 aromatic heterocycles. The van der Waals surface area contributed by atoms with E-state index in [2.05, 4.69) is 27.6 Å². The molecule has 1 atom stereocenters. The van der Waals surface area contributed by atoms with E-state index < -0.39 is 0 Å². The van der Waals surface area contributed by atoms with Gasteiger partial charge in [-0.3, -0.25) is 9.78 Å². The van der Waals surface area contributed by atoms with Gasteiger partial charge in [-0.15, -0.1) is 11.3 Å². The van der Waals surface area contributed by atoms with E-state index >= 15 is 0 Å². The number of thiophene rings is 1. The quantitative estimate of drug-likeness (QED) is 0.560. The first-order chi connectivity index (χ1) is 9.74. The molecule has 2 aromatic rings. The van der Waals surface area contributed by atoms with Crippen molar-refractivity contribution in [2.75, 3.05) is 5.43 Å². The first kappa shape index (κ1) is 14.4. The summed E-state index contributed by atoms with van der Waals surface area (Å²) in [5, 5.41) is 4.99. The Morgan fingerprint density at radius 2 is 2.35 bits per heavy atom. The number of hydrogen-bond acceptors (Lipinski definition) is 6. The van der Waals surface area contributed by atoms with E-state index in [1.165, 1.54) is 12.4 Å². The molecular weight excluding hydrogens is 274 g/mol. The molecule has 0 aliphatic heterocycles. The van der Waals surface area contributed by atoms with Crippen molar-refractivity contribution in [1.82, 2.24) is 15.3 Å². The summed E-state index contributed by atoms with van der Waals surface area (Å²) < 4.78 is 0. The molecule has 7 heteroatoms. The number of carbonyl (C=O) groups is 1. The maximum Gasteiger partial charge on any atom is 0.272 e. The number of hydrogen-bond donors (Lipinski definition) is 3. The molecule has 6 nitrogen and oxygen atoms in total. The zero-order chi connectivity index (χ0) is 14.4. The maximum absolute atomic E-state index is 12.2. The van der Waals surface area contributed by atoms with Crippen LogP contribution < -0.4 is 16.6 Å². The van der Waals surface area contributed by atoms with Crippen molar-refractivity contribution in [3.05, 3.63) is 40.5 Å². The summed E-state index contributed by atoms with van der Waals surface area (Å²) in [4.78, 5) is 21.4. The Kier molecular flexibility index (Phi) is 5.03. The number of hydrazine groups is 1. The van der Waals surface area contributed by atoms with Crippen molar-refractivity contribution in [2.24, 2.45) is 5.84 Å². The lowest BCUT2D eigenvalue weighted by Crippen LogP contribution is -2.29. The van der Waals surface area contributed by atoms with Crippen LogP contribution in [0, 0.1) is 0 Å². The van der Waals surface area contributed by atoms with Crippen molar-refractivity contribution >= 4 is 23.1 Å². The minimum Gasteiger partial charge on any atom is -0.343 e. The Balaban J connectivity index is 2.11. The molecule has 0 saturated heterocycles. The standard InChI is InChI=1S/C13H17N5OS/c1-2-4-9(11-5-3-6-20-11)17-13(19)10-7-15-8-12(16-10)18-14/h3,5-9H,2,4,14H2,1H3,(H,16,18)(H,17,19). The third-order valence-corrected chi connectivity index (χ3v) is 3.77. The fraction of sp³-hybridized carbons (Fsp3) is 0.308. The van der Waals surface area contributed by atoms with Crippen molar-refractivity contribution in [3.8, 4) is 0 Å². The Hall–Kier alpha value is -1.99. The normalized spacial score (nSPS) is 11.9. The van der Waals surface area contributed by atoms with Gasteiger partial charge in [-0.05, 0) is 17.9 Å². The number of amides is 1. The van der Waals surface area contributed by atoms with Gasteiger partial charge >= 0.3 is 0 Å². The first-order valence-corrected chi connectivity index (χ1v) is 7.25. The maximum atomic E-state index is 12.2. The summed E-state index contributed by atoms with van der Waals surface area (Å²) in [6.45, 7) is 2.09. The van der Waals surface area contributed by atoms with Crippen LogP contribution in [0.15, 0.2) is 29.9 Å². The number of nitrogens with one attached hydrogen (secondary N) is 2. The molecule has 106 valence electrons. The van der Waals surface area contributed by atoms with E-state index in [9.17, 15) is 4.79 Å². The van der Waals surface area contributed by atoms with Gasteiger partial charge in [0, 0.05) is 4.88 Å². The highest BCUT2D eigenvalue weighted by molar-refractivity contribution is 7.10. The summed E-state index contributed by atoms with van der Waals surface area (Å²) in [5.41, 5.74) is 2.62. The molecule has 2 heterocycles. The molecule has 1 unspecified atom stereocenters.